The fraction of sp³-hybridized carbons (Fsp3) is 0.356. The Morgan fingerprint density at radius 2 is 1.68 bits per heavy atom. The standard InChI is InChI=1S/C45H47F3N6O5/c1-3-33(25-32(31-13-9-14-34(26-31)58-2)27-49-44(57)30-11-5-4-6-12-30)53-21-19-29(20-22-53)40(55)42-50-37-17-10-15-35(39(37)52-42)41(56)43-51-36-16-7-8-18-38(36)54(43)23-24-59-28-45(46,47)48/h4-18,26,29,32-33H,3,19-25,27-28H2,1-2H3,(H,49,57)(H,50,52). The number of nitrogens with one attached hydrogen (secondary N) is 2. The summed E-state index contributed by atoms with van der Waals surface area (Å²) in [5.74, 6) is -0.0105. The monoisotopic (exact) mass is 808 g/mol. The van der Waals surface area contributed by atoms with Gasteiger partial charge in [0.15, 0.2) is 11.6 Å². The number of benzene rings is 4. The summed E-state index contributed by atoms with van der Waals surface area (Å²) in [7, 11) is 1.64. The molecular formula is C45H47F3N6O5. The Hall–Kier alpha value is -5.86. The van der Waals surface area contributed by atoms with Gasteiger partial charge in [0.25, 0.3) is 5.91 Å². The fourth-order valence-electron chi connectivity index (χ4n) is 8.03. The number of fused-ring (bicyclic) bond motifs is 2. The van der Waals surface area contributed by atoms with Crippen molar-refractivity contribution in [1.82, 2.24) is 29.7 Å². The minimum atomic E-state index is -4.47. The molecule has 0 spiro atoms. The van der Waals surface area contributed by atoms with Crippen molar-refractivity contribution in [3.8, 4) is 5.75 Å². The number of para-hydroxylation sites is 3. The molecular weight excluding hydrogens is 762 g/mol. The maximum atomic E-state index is 14.1. The van der Waals surface area contributed by atoms with E-state index in [9.17, 15) is 27.6 Å². The summed E-state index contributed by atoms with van der Waals surface area (Å²) in [5, 5.41) is 3.14. The van der Waals surface area contributed by atoms with Gasteiger partial charge in [0.05, 0.1) is 35.8 Å². The van der Waals surface area contributed by atoms with Gasteiger partial charge in [-0.2, -0.15) is 13.2 Å². The molecule has 1 fully saturated rings. The highest BCUT2D eigenvalue weighted by Crippen LogP contribution is 2.31. The zero-order chi connectivity index (χ0) is 41.5. The molecule has 1 aliphatic heterocycles. The molecule has 2 aromatic heterocycles. The largest absolute Gasteiger partial charge is 0.497 e. The molecule has 6 aromatic rings. The van der Waals surface area contributed by atoms with Gasteiger partial charge in [-0.3, -0.25) is 14.4 Å². The van der Waals surface area contributed by atoms with E-state index in [1.54, 1.807) is 66.3 Å². The number of ketones is 2. The molecule has 7 rings (SSSR count). The first-order valence-electron chi connectivity index (χ1n) is 19.9. The molecule has 308 valence electrons. The van der Waals surface area contributed by atoms with Gasteiger partial charge in [-0.25, -0.2) is 9.97 Å². The molecule has 2 unspecified atom stereocenters. The predicted molar refractivity (Wildman–Crippen MR) is 218 cm³/mol. The molecule has 59 heavy (non-hydrogen) atoms. The van der Waals surface area contributed by atoms with Crippen LogP contribution in [-0.2, 0) is 11.3 Å². The van der Waals surface area contributed by atoms with Crippen LogP contribution in [0.15, 0.2) is 97.1 Å². The summed E-state index contributed by atoms with van der Waals surface area (Å²) in [5.41, 5.74) is 3.84. The number of H-pyrrole nitrogens is 1. The van der Waals surface area contributed by atoms with Crippen LogP contribution in [0.25, 0.3) is 22.1 Å². The first kappa shape index (κ1) is 41.3. The number of amides is 1. The van der Waals surface area contributed by atoms with Crippen molar-refractivity contribution >= 4 is 39.5 Å². The maximum Gasteiger partial charge on any atom is 0.411 e. The molecule has 1 amide bonds. The molecule has 14 heteroatoms. The lowest BCUT2D eigenvalue weighted by molar-refractivity contribution is -0.174. The number of piperidine rings is 1. The second-order valence-corrected chi connectivity index (χ2v) is 14.9. The second kappa shape index (κ2) is 18.4. The minimum Gasteiger partial charge on any atom is -0.497 e. The van der Waals surface area contributed by atoms with Gasteiger partial charge in [-0.15, -0.1) is 0 Å². The van der Waals surface area contributed by atoms with Gasteiger partial charge in [0.2, 0.25) is 11.6 Å². The van der Waals surface area contributed by atoms with Crippen molar-refractivity contribution in [3.63, 3.8) is 0 Å². The molecule has 0 aliphatic carbocycles. The summed E-state index contributed by atoms with van der Waals surface area (Å²) >= 11 is 0. The second-order valence-electron chi connectivity index (χ2n) is 14.9. The highest BCUT2D eigenvalue weighted by atomic mass is 19.4. The van der Waals surface area contributed by atoms with Crippen LogP contribution in [0.5, 0.6) is 5.75 Å². The Balaban J connectivity index is 1.03. The average molecular weight is 809 g/mol. The smallest absolute Gasteiger partial charge is 0.411 e. The van der Waals surface area contributed by atoms with Crippen LogP contribution in [-0.4, -0.2) is 94.1 Å². The number of aromatic nitrogens is 4. The lowest BCUT2D eigenvalue weighted by atomic mass is 9.87. The van der Waals surface area contributed by atoms with Gasteiger partial charge < -0.3 is 29.2 Å². The summed E-state index contributed by atoms with van der Waals surface area (Å²) in [4.78, 5) is 55.9. The van der Waals surface area contributed by atoms with E-state index in [2.05, 4.69) is 38.2 Å². The van der Waals surface area contributed by atoms with Gasteiger partial charge in [0, 0.05) is 36.5 Å². The first-order chi connectivity index (χ1) is 28.5. The molecule has 1 saturated heterocycles. The van der Waals surface area contributed by atoms with Crippen LogP contribution in [0.4, 0.5) is 13.2 Å². The van der Waals surface area contributed by atoms with E-state index in [-0.39, 0.29) is 59.9 Å². The van der Waals surface area contributed by atoms with E-state index in [4.69, 9.17) is 9.47 Å². The third-order valence-electron chi connectivity index (χ3n) is 11.1. The predicted octanol–water partition coefficient (Wildman–Crippen LogP) is 8.01. The summed E-state index contributed by atoms with van der Waals surface area (Å²) in [6.07, 6.45) is -1.52. The Kier molecular flexibility index (Phi) is 12.9. The van der Waals surface area contributed by atoms with Crippen LogP contribution >= 0.6 is 0 Å². The van der Waals surface area contributed by atoms with Crippen molar-refractivity contribution in [3.05, 3.63) is 125 Å². The number of methoxy groups -OCH3 is 1. The van der Waals surface area contributed by atoms with Gasteiger partial charge in [0.1, 0.15) is 17.9 Å². The van der Waals surface area contributed by atoms with E-state index in [1.165, 1.54) is 0 Å². The molecule has 3 heterocycles. The number of carbonyl (C=O) groups excluding carboxylic acids is 3. The molecule has 2 atom stereocenters. The highest BCUT2D eigenvalue weighted by Gasteiger charge is 2.33. The topological polar surface area (TPSA) is 131 Å². The van der Waals surface area contributed by atoms with Crippen LogP contribution in [0.1, 0.15) is 81.2 Å². The van der Waals surface area contributed by atoms with E-state index >= 15 is 0 Å². The van der Waals surface area contributed by atoms with Crippen molar-refractivity contribution in [1.29, 1.82) is 0 Å². The number of rotatable bonds is 17. The first-order valence-corrected chi connectivity index (χ1v) is 19.9. The quantitative estimate of drug-likeness (QED) is 0.0701. The number of carbonyl (C=O) groups is 3. The van der Waals surface area contributed by atoms with Crippen molar-refractivity contribution < 1.29 is 37.0 Å². The van der Waals surface area contributed by atoms with Crippen molar-refractivity contribution in [2.24, 2.45) is 5.92 Å². The number of Topliss-reactive ketones (excluding diaryl/α,β-unsaturated/α-hetero) is 1. The van der Waals surface area contributed by atoms with E-state index in [0.29, 0.717) is 60.1 Å². The van der Waals surface area contributed by atoms with Gasteiger partial charge in [-0.1, -0.05) is 55.5 Å². The lowest BCUT2D eigenvalue weighted by Crippen LogP contribution is -2.44. The van der Waals surface area contributed by atoms with Crippen LogP contribution in [0.2, 0.25) is 0 Å². The third-order valence-corrected chi connectivity index (χ3v) is 11.1. The zero-order valence-electron chi connectivity index (χ0n) is 33.0. The minimum absolute atomic E-state index is 0.0219. The Morgan fingerprint density at radius 1 is 0.932 bits per heavy atom. The zero-order valence-corrected chi connectivity index (χ0v) is 33.0. The Bertz CT molecular complexity index is 2400. The molecule has 11 nitrogen and oxygen atoms in total. The van der Waals surface area contributed by atoms with Gasteiger partial charge >= 0.3 is 6.18 Å². The molecule has 0 bridgehead atoms. The van der Waals surface area contributed by atoms with Crippen LogP contribution in [0, 0.1) is 5.92 Å². The molecule has 4 aromatic carbocycles. The normalized spacial score (nSPS) is 15.0. The lowest BCUT2D eigenvalue weighted by Gasteiger charge is -2.38. The summed E-state index contributed by atoms with van der Waals surface area (Å²) in [6, 6.07) is 29.4. The van der Waals surface area contributed by atoms with Crippen LogP contribution < -0.4 is 10.1 Å². The number of alkyl halides is 3. The number of likely N-dealkylation sites (tertiary alicyclic amines) is 1. The van der Waals surface area contributed by atoms with E-state index in [0.717, 1.165) is 24.2 Å². The molecule has 1 aliphatic rings. The highest BCUT2D eigenvalue weighted by molar-refractivity contribution is 6.15. The number of hydrogen-bond donors (Lipinski definition) is 2. The van der Waals surface area contributed by atoms with Crippen molar-refractivity contribution in [2.75, 3.05) is 40.0 Å². The number of imidazole rings is 2. The summed E-state index contributed by atoms with van der Waals surface area (Å²) in [6.45, 7) is 2.34. The van der Waals surface area contributed by atoms with Gasteiger partial charge in [-0.05, 0) is 92.9 Å². The van der Waals surface area contributed by atoms with Crippen LogP contribution in [0.3, 0.4) is 0 Å². The SMILES string of the molecule is CCC(CC(CNC(=O)c1ccccc1)c1cccc(OC)c1)N1CCC(C(=O)c2nc3c(C(=O)c4nc5ccccc5n4CCOCC(F)(F)F)cccc3[nH]2)CC1. The number of nitrogens with zero attached hydrogens (tertiary/aromatic N) is 4. The van der Waals surface area contributed by atoms with E-state index < -0.39 is 18.6 Å². The third kappa shape index (κ3) is 9.72. The molecule has 2 N–H and O–H groups in total. The maximum absolute atomic E-state index is 14.1. The molecule has 0 saturated carbocycles. The number of aromatic amines is 1. The average Bonchev–Trinajstić information content (AvgIpc) is 3.87. The van der Waals surface area contributed by atoms with E-state index in [1.807, 2.05) is 36.4 Å². The number of halogens is 3. The van der Waals surface area contributed by atoms with Crippen molar-refractivity contribution in [2.45, 2.75) is 57.3 Å². The summed E-state index contributed by atoms with van der Waals surface area (Å²) < 4.78 is 50.2. The number of ether oxygens (including phenoxy) is 2. The number of hydrogen-bond acceptors (Lipinski definition) is 8. The molecule has 0 radical (unpaired) electrons. The fourth-order valence-corrected chi connectivity index (χ4v) is 8.03. The Labute approximate surface area is 339 Å². The Morgan fingerprint density at radius 3 is 2.42 bits per heavy atom.